The third-order valence-electron chi connectivity index (χ3n) is 5.39. The van der Waals surface area contributed by atoms with Gasteiger partial charge in [-0.25, -0.2) is 0 Å². The number of anilines is 2. The molecule has 0 spiro atoms. The third kappa shape index (κ3) is 2.71. The Labute approximate surface area is 170 Å². The van der Waals surface area contributed by atoms with Crippen LogP contribution in [0.5, 0.6) is 0 Å². The number of carbonyl (C=O) groups is 1. The number of nitrogens with one attached hydrogen (secondary N) is 1. The van der Waals surface area contributed by atoms with Crippen LogP contribution in [0.1, 0.15) is 21.5 Å². The standard InChI is InChI=1S/C26H20N2O/c29-25-23-18-10-11-19-24(23)26(20-12-4-1-5-13-20,27-21-14-6-2-7-15-21)28(25)22-16-8-3-9-17-22/h1-19,27H. The molecule has 4 aromatic rings. The number of hydrogen-bond acceptors (Lipinski definition) is 2. The lowest BCUT2D eigenvalue weighted by Crippen LogP contribution is -2.51. The van der Waals surface area contributed by atoms with E-state index in [1.165, 1.54) is 0 Å². The normalized spacial score (nSPS) is 17.8. The molecule has 4 aromatic carbocycles. The second-order valence-corrected chi connectivity index (χ2v) is 7.09. The van der Waals surface area contributed by atoms with E-state index in [0.29, 0.717) is 5.56 Å². The molecule has 0 aliphatic carbocycles. The number of carbonyl (C=O) groups excluding carboxylic acids is 1. The van der Waals surface area contributed by atoms with Crippen LogP contribution in [0.25, 0.3) is 0 Å². The van der Waals surface area contributed by atoms with Crippen molar-refractivity contribution in [2.75, 3.05) is 10.2 Å². The number of amides is 1. The molecule has 0 bridgehead atoms. The monoisotopic (exact) mass is 376 g/mol. The van der Waals surface area contributed by atoms with Gasteiger partial charge in [-0.05, 0) is 30.3 Å². The smallest absolute Gasteiger partial charge is 0.261 e. The Balaban J connectivity index is 1.83. The lowest BCUT2D eigenvalue weighted by atomic mass is 9.89. The van der Waals surface area contributed by atoms with Gasteiger partial charge < -0.3 is 5.32 Å². The molecule has 5 rings (SSSR count). The van der Waals surface area contributed by atoms with Crippen LogP contribution in [0.2, 0.25) is 0 Å². The number of fused-ring (bicyclic) bond motifs is 1. The van der Waals surface area contributed by atoms with Crippen LogP contribution in [-0.4, -0.2) is 5.91 Å². The maximum Gasteiger partial charge on any atom is 0.261 e. The number of rotatable bonds is 4. The third-order valence-corrected chi connectivity index (χ3v) is 5.39. The predicted octanol–water partition coefficient (Wildman–Crippen LogP) is 5.66. The van der Waals surface area contributed by atoms with Crippen LogP contribution in [0.15, 0.2) is 115 Å². The van der Waals surface area contributed by atoms with Crippen molar-refractivity contribution in [1.29, 1.82) is 0 Å². The summed E-state index contributed by atoms with van der Waals surface area (Å²) in [5, 5.41) is 3.71. The number of hydrogen-bond donors (Lipinski definition) is 1. The summed E-state index contributed by atoms with van der Waals surface area (Å²) in [6, 6.07) is 37.9. The summed E-state index contributed by atoms with van der Waals surface area (Å²) in [5.74, 6) is -0.0147. The molecule has 1 aliphatic heterocycles. The molecule has 1 atom stereocenters. The van der Waals surface area contributed by atoms with Gasteiger partial charge in [0.1, 0.15) is 0 Å². The van der Waals surface area contributed by atoms with Gasteiger partial charge in [-0.2, -0.15) is 0 Å². The first-order chi connectivity index (χ1) is 14.3. The van der Waals surface area contributed by atoms with Gasteiger partial charge in [-0.1, -0.05) is 84.9 Å². The molecule has 1 N–H and O–H groups in total. The second-order valence-electron chi connectivity index (χ2n) is 7.09. The van der Waals surface area contributed by atoms with Gasteiger partial charge in [0.05, 0.1) is 0 Å². The van der Waals surface area contributed by atoms with Crippen LogP contribution < -0.4 is 10.2 Å². The van der Waals surface area contributed by atoms with Gasteiger partial charge in [0.2, 0.25) is 0 Å². The van der Waals surface area contributed by atoms with E-state index in [1.54, 1.807) is 0 Å². The molecule has 0 saturated carbocycles. The van der Waals surface area contributed by atoms with Gasteiger partial charge in [0.25, 0.3) is 5.91 Å². The number of nitrogens with zero attached hydrogens (tertiary/aromatic N) is 1. The van der Waals surface area contributed by atoms with Crippen molar-refractivity contribution in [3.05, 3.63) is 132 Å². The van der Waals surface area contributed by atoms with Crippen molar-refractivity contribution in [3.8, 4) is 0 Å². The Morgan fingerprint density at radius 1 is 0.621 bits per heavy atom. The van der Waals surface area contributed by atoms with E-state index in [0.717, 1.165) is 22.5 Å². The first kappa shape index (κ1) is 17.3. The molecule has 0 aromatic heterocycles. The minimum absolute atomic E-state index is 0.0147. The van der Waals surface area contributed by atoms with Crippen molar-refractivity contribution in [3.63, 3.8) is 0 Å². The zero-order valence-electron chi connectivity index (χ0n) is 15.8. The topological polar surface area (TPSA) is 32.3 Å². The summed E-state index contributed by atoms with van der Waals surface area (Å²) >= 11 is 0. The highest BCUT2D eigenvalue weighted by Crippen LogP contribution is 2.46. The van der Waals surface area contributed by atoms with E-state index in [2.05, 4.69) is 17.4 Å². The molecule has 1 amide bonds. The average Bonchev–Trinajstić information content (AvgIpc) is 3.05. The van der Waals surface area contributed by atoms with Crippen LogP contribution in [0, 0.1) is 0 Å². The maximum atomic E-state index is 13.7. The molecule has 3 nitrogen and oxygen atoms in total. The largest absolute Gasteiger partial charge is 0.355 e. The first-order valence-corrected chi connectivity index (χ1v) is 9.68. The number of benzene rings is 4. The molecule has 0 radical (unpaired) electrons. The van der Waals surface area contributed by atoms with Gasteiger partial charge >= 0.3 is 0 Å². The van der Waals surface area contributed by atoms with Crippen LogP contribution in [0.3, 0.4) is 0 Å². The lowest BCUT2D eigenvalue weighted by molar-refractivity contribution is 0.0985. The van der Waals surface area contributed by atoms with Crippen molar-refractivity contribution >= 4 is 17.3 Å². The minimum Gasteiger partial charge on any atom is -0.355 e. The second kappa shape index (κ2) is 6.95. The van der Waals surface area contributed by atoms with E-state index < -0.39 is 5.66 Å². The molecular weight excluding hydrogens is 356 g/mol. The Bertz CT molecular complexity index is 1140. The summed E-state index contributed by atoms with van der Waals surface area (Å²) in [7, 11) is 0. The Hall–Kier alpha value is -3.85. The van der Waals surface area contributed by atoms with Crippen molar-refractivity contribution in [2.45, 2.75) is 5.66 Å². The van der Waals surface area contributed by atoms with Gasteiger partial charge in [0, 0.05) is 28.1 Å². The van der Waals surface area contributed by atoms with Gasteiger partial charge in [0.15, 0.2) is 5.66 Å². The van der Waals surface area contributed by atoms with E-state index in [1.807, 2.05) is 108 Å². The Morgan fingerprint density at radius 2 is 1.17 bits per heavy atom. The summed E-state index contributed by atoms with van der Waals surface area (Å²) in [4.78, 5) is 15.5. The average molecular weight is 376 g/mol. The molecule has 29 heavy (non-hydrogen) atoms. The Morgan fingerprint density at radius 3 is 1.86 bits per heavy atom. The fraction of sp³-hybridized carbons (Fsp3) is 0.0385. The fourth-order valence-corrected chi connectivity index (χ4v) is 4.16. The zero-order valence-corrected chi connectivity index (χ0v) is 15.8. The van der Waals surface area contributed by atoms with E-state index in [9.17, 15) is 4.79 Å². The van der Waals surface area contributed by atoms with Crippen molar-refractivity contribution in [1.82, 2.24) is 0 Å². The molecule has 1 heterocycles. The van der Waals surface area contributed by atoms with Gasteiger partial charge in [-0.15, -0.1) is 0 Å². The molecule has 1 aliphatic rings. The summed E-state index contributed by atoms with van der Waals surface area (Å²) in [6.45, 7) is 0. The Kier molecular flexibility index (Phi) is 4.14. The molecule has 1 unspecified atom stereocenters. The van der Waals surface area contributed by atoms with Crippen LogP contribution in [0.4, 0.5) is 11.4 Å². The van der Waals surface area contributed by atoms with E-state index in [4.69, 9.17) is 0 Å². The van der Waals surface area contributed by atoms with E-state index in [-0.39, 0.29) is 5.91 Å². The van der Waals surface area contributed by atoms with E-state index >= 15 is 0 Å². The highest BCUT2D eigenvalue weighted by Gasteiger charge is 2.51. The minimum atomic E-state index is -0.850. The highest BCUT2D eigenvalue weighted by atomic mass is 16.2. The summed E-state index contributed by atoms with van der Waals surface area (Å²) in [5.41, 5.74) is 3.61. The molecular formula is C26H20N2O. The van der Waals surface area contributed by atoms with Crippen molar-refractivity contribution in [2.24, 2.45) is 0 Å². The molecule has 0 saturated heterocycles. The zero-order chi connectivity index (χ0) is 19.7. The molecule has 140 valence electrons. The lowest BCUT2D eigenvalue weighted by Gasteiger charge is -2.41. The highest BCUT2D eigenvalue weighted by molar-refractivity contribution is 6.13. The summed E-state index contributed by atoms with van der Waals surface area (Å²) < 4.78 is 0. The van der Waals surface area contributed by atoms with Gasteiger partial charge in [-0.3, -0.25) is 9.69 Å². The number of para-hydroxylation sites is 2. The van der Waals surface area contributed by atoms with Crippen LogP contribution in [-0.2, 0) is 5.66 Å². The molecule has 0 fully saturated rings. The summed E-state index contributed by atoms with van der Waals surface area (Å²) in [6.07, 6.45) is 0. The maximum absolute atomic E-state index is 13.7. The van der Waals surface area contributed by atoms with Crippen molar-refractivity contribution < 1.29 is 4.79 Å². The quantitative estimate of drug-likeness (QED) is 0.498. The first-order valence-electron chi connectivity index (χ1n) is 9.68. The fourth-order valence-electron chi connectivity index (χ4n) is 4.16. The SMILES string of the molecule is O=C1c2ccccc2C(Nc2ccccc2)(c2ccccc2)N1c1ccccc1. The molecule has 3 heteroatoms. The van der Waals surface area contributed by atoms with Crippen LogP contribution >= 0.6 is 0 Å². The predicted molar refractivity (Wildman–Crippen MR) is 117 cm³/mol.